The Morgan fingerprint density at radius 3 is 3.00 bits per heavy atom. The van der Waals surface area contributed by atoms with Gasteiger partial charge in [0.25, 0.3) is 0 Å². The second-order valence-electron chi connectivity index (χ2n) is 2.66. The third kappa shape index (κ3) is 1.95. The molecular formula is C8H11NO2. The first kappa shape index (κ1) is 8.09. The van der Waals surface area contributed by atoms with Crippen molar-refractivity contribution in [1.82, 2.24) is 4.90 Å². The van der Waals surface area contributed by atoms with Crippen LogP contribution in [0.3, 0.4) is 0 Å². The molecule has 1 rings (SSSR count). The van der Waals surface area contributed by atoms with Crippen molar-refractivity contribution in [3.05, 3.63) is 0 Å². The number of carbonyl (C=O) groups excluding carboxylic acids is 1. The van der Waals surface area contributed by atoms with E-state index in [-0.39, 0.29) is 18.4 Å². The molecule has 0 aliphatic carbocycles. The van der Waals surface area contributed by atoms with Gasteiger partial charge in [-0.05, 0) is 6.42 Å². The largest absolute Gasteiger partial charge is 0.391 e. The van der Waals surface area contributed by atoms with E-state index in [4.69, 9.17) is 11.5 Å². The minimum absolute atomic E-state index is 0.0518. The first-order valence-corrected chi connectivity index (χ1v) is 3.63. The fourth-order valence-corrected chi connectivity index (χ4v) is 1.17. The van der Waals surface area contributed by atoms with Crippen molar-refractivity contribution in [2.45, 2.75) is 18.9 Å². The van der Waals surface area contributed by atoms with Gasteiger partial charge in [-0.2, -0.15) is 0 Å². The van der Waals surface area contributed by atoms with E-state index < -0.39 is 0 Å². The number of aliphatic hydroxyl groups excluding tert-OH is 1. The van der Waals surface area contributed by atoms with Gasteiger partial charge in [-0.15, -0.1) is 6.42 Å². The molecule has 1 aliphatic heterocycles. The third-order valence-corrected chi connectivity index (χ3v) is 1.77. The molecule has 1 atom stereocenters. The Labute approximate surface area is 66.0 Å². The highest BCUT2D eigenvalue weighted by atomic mass is 16.3. The minimum atomic E-state index is -0.350. The predicted molar refractivity (Wildman–Crippen MR) is 40.7 cm³/mol. The van der Waals surface area contributed by atoms with Gasteiger partial charge < -0.3 is 10.0 Å². The van der Waals surface area contributed by atoms with Crippen LogP contribution in [0.1, 0.15) is 12.8 Å². The Morgan fingerprint density at radius 1 is 1.82 bits per heavy atom. The number of β-amino-alcohol motifs (C(OH)–C–C–N with tert-alkyl or cyclic N) is 1. The summed E-state index contributed by atoms with van der Waals surface area (Å²) in [5.74, 6) is 2.23. The van der Waals surface area contributed by atoms with Crippen LogP contribution in [0.2, 0.25) is 0 Å². The Kier molecular flexibility index (Phi) is 2.50. The van der Waals surface area contributed by atoms with Gasteiger partial charge in [0.2, 0.25) is 5.91 Å². The van der Waals surface area contributed by atoms with Crippen LogP contribution in [-0.4, -0.2) is 35.1 Å². The highest BCUT2D eigenvalue weighted by Crippen LogP contribution is 2.09. The molecule has 1 N–H and O–H groups in total. The maximum atomic E-state index is 11.1. The summed E-state index contributed by atoms with van der Waals surface area (Å²) < 4.78 is 0. The fourth-order valence-electron chi connectivity index (χ4n) is 1.17. The number of nitrogens with zero attached hydrogens (tertiary/aromatic N) is 1. The van der Waals surface area contributed by atoms with Crippen molar-refractivity contribution in [3.8, 4) is 12.3 Å². The number of likely N-dealkylation sites (tertiary alicyclic amines) is 1. The minimum Gasteiger partial charge on any atom is -0.391 e. The Morgan fingerprint density at radius 2 is 2.55 bits per heavy atom. The van der Waals surface area contributed by atoms with Crippen molar-refractivity contribution < 1.29 is 9.90 Å². The predicted octanol–water partition coefficient (Wildman–Crippen LogP) is -0.397. The molecule has 0 unspecified atom stereocenters. The van der Waals surface area contributed by atoms with Crippen LogP contribution in [0, 0.1) is 12.3 Å². The summed E-state index contributed by atoms with van der Waals surface area (Å²) in [6.45, 7) is 1.09. The molecule has 1 heterocycles. The molecule has 3 heteroatoms. The van der Waals surface area contributed by atoms with Gasteiger partial charge in [-0.3, -0.25) is 4.79 Å². The molecule has 0 bridgehead atoms. The monoisotopic (exact) mass is 153 g/mol. The Hall–Kier alpha value is -1.01. The van der Waals surface area contributed by atoms with Gasteiger partial charge in [0, 0.05) is 13.1 Å². The van der Waals surface area contributed by atoms with Crippen LogP contribution in [0.5, 0.6) is 0 Å². The summed E-state index contributed by atoms with van der Waals surface area (Å²) in [7, 11) is 0. The number of hydrogen-bond acceptors (Lipinski definition) is 2. The molecule has 60 valence electrons. The molecule has 0 saturated carbocycles. The van der Waals surface area contributed by atoms with Crippen LogP contribution < -0.4 is 0 Å². The van der Waals surface area contributed by atoms with E-state index >= 15 is 0 Å². The summed E-state index contributed by atoms with van der Waals surface area (Å²) in [5.41, 5.74) is 0. The molecule has 1 saturated heterocycles. The molecule has 1 aliphatic rings. The lowest BCUT2D eigenvalue weighted by molar-refractivity contribution is -0.129. The molecular weight excluding hydrogens is 142 g/mol. The van der Waals surface area contributed by atoms with Gasteiger partial charge in [-0.25, -0.2) is 0 Å². The fraction of sp³-hybridized carbons (Fsp3) is 0.625. The zero-order valence-electron chi connectivity index (χ0n) is 6.29. The summed E-state index contributed by atoms with van der Waals surface area (Å²) >= 11 is 0. The van der Waals surface area contributed by atoms with Crippen molar-refractivity contribution in [2.75, 3.05) is 13.1 Å². The zero-order chi connectivity index (χ0) is 8.27. The van der Waals surface area contributed by atoms with Crippen molar-refractivity contribution in [1.29, 1.82) is 0 Å². The van der Waals surface area contributed by atoms with Crippen LogP contribution in [-0.2, 0) is 4.79 Å². The summed E-state index contributed by atoms with van der Waals surface area (Å²) in [6.07, 6.45) is 5.44. The standard InChI is InChI=1S/C8H11NO2/c1-2-3-8(11)9-5-4-7(10)6-9/h1,7,10H,3-6H2/t7-/m0/s1. The van der Waals surface area contributed by atoms with Gasteiger partial charge in [-0.1, -0.05) is 5.92 Å². The quantitative estimate of drug-likeness (QED) is 0.521. The maximum absolute atomic E-state index is 11.1. The van der Waals surface area contributed by atoms with Crippen molar-refractivity contribution >= 4 is 5.91 Å². The number of terminal acetylenes is 1. The second kappa shape index (κ2) is 3.40. The van der Waals surface area contributed by atoms with E-state index in [9.17, 15) is 4.79 Å². The third-order valence-electron chi connectivity index (χ3n) is 1.77. The number of amides is 1. The molecule has 0 aromatic rings. The molecule has 0 aromatic heterocycles. The Bertz CT molecular complexity index is 195. The van der Waals surface area contributed by atoms with Gasteiger partial charge in [0.15, 0.2) is 0 Å². The van der Waals surface area contributed by atoms with Crippen LogP contribution >= 0.6 is 0 Å². The molecule has 3 nitrogen and oxygen atoms in total. The molecule has 0 radical (unpaired) electrons. The van der Waals surface area contributed by atoms with Crippen LogP contribution in [0.4, 0.5) is 0 Å². The van der Waals surface area contributed by atoms with E-state index in [1.165, 1.54) is 0 Å². The number of carbonyl (C=O) groups is 1. The molecule has 0 spiro atoms. The normalized spacial score (nSPS) is 23.3. The summed E-state index contributed by atoms with van der Waals surface area (Å²) in [4.78, 5) is 12.7. The topological polar surface area (TPSA) is 40.5 Å². The number of rotatable bonds is 1. The van der Waals surface area contributed by atoms with E-state index in [0.717, 1.165) is 0 Å². The molecule has 1 fully saturated rings. The van der Waals surface area contributed by atoms with E-state index in [2.05, 4.69) is 5.92 Å². The van der Waals surface area contributed by atoms with Gasteiger partial charge in [0.1, 0.15) is 0 Å². The van der Waals surface area contributed by atoms with Gasteiger partial charge in [0.05, 0.1) is 12.5 Å². The zero-order valence-corrected chi connectivity index (χ0v) is 6.29. The van der Waals surface area contributed by atoms with Gasteiger partial charge >= 0.3 is 0 Å². The van der Waals surface area contributed by atoms with E-state index in [0.29, 0.717) is 19.5 Å². The van der Waals surface area contributed by atoms with Crippen LogP contribution in [0.15, 0.2) is 0 Å². The first-order valence-electron chi connectivity index (χ1n) is 3.63. The highest BCUT2D eigenvalue weighted by Gasteiger charge is 2.23. The summed E-state index contributed by atoms with van der Waals surface area (Å²) in [6, 6.07) is 0. The smallest absolute Gasteiger partial charge is 0.234 e. The molecule has 1 amide bonds. The van der Waals surface area contributed by atoms with E-state index in [1.54, 1.807) is 4.90 Å². The van der Waals surface area contributed by atoms with Crippen molar-refractivity contribution in [3.63, 3.8) is 0 Å². The van der Waals surface area contributed by atoms with Crippen LogP contribution in [0.25, 0.3) is 0 Å². The highest BCUT2D eigenvalue weighted by molar-refractivity contribution is 5.78. The van der Waals surface area contributed by atoms with E-state index in [1.807, 2.05) is 0 Å². The molecule has 0 aromatic carbocycles. The number of hydrogen-bond donors (Lipinski definition) is 1. The molecule has 11 heavy (non-hydrogen) atoms. The second-order valence-corrected chi connectivity index (χ2v) is 2.66. The SMILES string of the molecule is C#CCC(=O)N1CC[C@H](O)C1. The lowest BCUT2D eigenvalue weighted by atomic mass is 10.3. The average molecular weight is 153 g/mol. The lowest BCUT2D eigenvalue weighted by Crippen LogP contribution is -2.28. The summed E-state index contributed by atoms with van der Waals surface area (Å²) in [5, 5.41) is 9.07. The van der Waals surface area contributed by atoms with Crippen molar-refractivity contribution in [2.24, 2.45) is 0 Å². The first-order chi connectivity index (χ1) is 5.24. The average Bonchev–Trinajstić information content (AvgIpc) is 2.36. The number of aliphatic hydroxyl groups is 1. The maximum Gasteiger partial charge on any atom is 0.234 e. The Balaban J connectivity index is 2.38. The lowest BCUT2D eigenvalue weighted by Gasteiger charge is -2.12.